The Hall–Kier alpha value is -0.910. The van der Waals surface area contributed by atoms with Gasteiger partial charge in [0.2, 0.25) is 10.0 Å². The molecule has 5 heteroatoms. The molecule has 0 aliphatic rings. The van der Waals surface area contributed by atoms with Crippen LogP contribution in [0.2, 0.25) is 0 Å². The molecule has 0 saturated carbocycles. The first kappa shape index (κ1) is 14.2. The minimum Gasteiger partial charge on any atom is -0.395 e. The third kappa shape index (κ3) is 2.86. The molecule has 96 valence electrons. The van der Waals surface area contributed by atoms with Gasteiger partial charge < -0.3 is 5.11 Å². The SMILES string of the molecule is Cc1cc(C)c(C)c(S(=O)(=O)NCCO)c1C. The first-order valence-electron chi connectivity index (χ1n) is 5.49. The third-order valence-electron chi connectivity index (χ3n) is 2.97. The predicted molar refractivity (Wildman–Crippen MR) is 67.7 cm³/mol. The van der Waals surface area contributed by atoms with E-state index in [0.29, 0.717) is 4.90 Å². The average molecular weight is 257 g/mol. The zero-order valence-electron chi connectivity index (χ0n) is 10.7. The topological polar surface area (TPSA) is 66.4 Å². The Morgan fingerprint density at radius 3 is 2.00 bits per heavy atom. The molecule has 0 bridgehead atoms. The van der Waals surface area contributed by atoms with Crippen LogP contribution < -0.4 is 4.72 Å². The number of rotatable bonds is 4. The molecule has 0 aromatic heterocycles. The molecule has 0 aliphatic carbocycles. The van der Waals surface area contributed by atoms with E-state index in [1.165, 1.54) is 0 Å². The normalized spacial score (nSPS) is 11.8. The minimum absolute atomic E-state index is 0.0359. The van der Waals surface area contributed by atoms with Crippen LogP contribution in [0, 0.1) is 27.7 Å². The van der Waals surface area contributed by atoms with Gasteiger partial charge in [-0.05, 0) is 49.9 Å². The van der Waals surface area contributed by atoms with E-state index in [4.69, 9.17) is 5.11 Å². The van der Waals surface area contributed by atoms with Crippen LogP contribution in [0.5, 0.6) is 0 Å². The van der Waals surface area contributed by atoms with E-state index in [-0.39, 0.29) is 13.2 Å². The summed E-state index contributed by atoms with van der Waals surface area (Å²) < 4.78 is 26.6. The fourth-order valence-electron chi connectivity index (χ4n) is 1.84. The summed E-state index contributed by atoms with van der Waals surface area (Å²) in [5, 5.41) is 8.70. The number of aliphatic hydroxyl groups is 1. The van der Waals surface area contributed by atoms with Gasteiger partial charge in [0, 0.05) is 6.54 Å². The zero-order valence-corrected chi connectivity index (χ0v) is 11.5. The molecule has 17 heavy (non-hydrogen) atoms. The van der Waals surface area contributed by atoms with Gasteiger partial charge in [0.25, 0.3) is 0 Å². The molecule has 2 N–H and O–H groups in total. The van der Waals surface area contributed by atoms with Gasteiger partial charge in [-0.15, -0.1) is 0 Å². The van der Waals surface area contributed by atoms with Gasteiger partial charge in [-0.25, -0.2) is 13.1 Å². The fourth-order valence-corrected chi connectivity index (χ4v) is 3.47. The largest absolute Gasteiger partial charge is 0.395 e. The molecule has 4 nitrogen and oxygen atoms in total. The fraction of sp³-hybridized carbons (Fsp3) is 0.500. The van der Waals surface area contributed by atoms with Crippen molar-refractivity contribution < 1.29 is 13.5 Å². The number of hydrogen-bond acceptors (Lipinski definition) is 3. The summed E-state index contributed by atoms with van der Waals surface area (Å²) in [6, 6.07) is 1.98. The number of benzene rings is 1. The molecule has 0 amide bonds. The molecule has 0 saturated heterocycles. The molecule has 0 fully saturated rings. The van der Waals surface area contributed by atoms with Crippen molar-refractivity contribution in [1.82, 2.24) is 4.72 Å². The van der Waals surface area contributed by atoms with Crippen molar-refractivity contribution in [1.29, 1.82) is 0 Å². The number of sulfonamides is 1. The second-order valence-electron chi connectivity index (χ2n) is 4.21. The molecule has 0 unspecified atom stereocenters. The van der Waals surface area contributed by atoms with Crippen LogP contribution in [0.15, 0.2) is 11.0 Å². The van der Waals surface area contributed by atoms with E-state index in [0.717, 1.165) is 22.3 Å². The zero-order chi connectivity index (χ0) is 13.2. The Kier molecular flexibility index (Phi) is 4.30. The number of aliphatic hydroxyl groups excluding tert-OH is 1. The van der Waals surface area contributed by atoms with Crippen LogP contribution in [-0.2, 0) is 10.0 Å². The van der Waals surface area contributed by atoms with Crippen LogP contribution in [0.4, 0.5) is 0 Å². The van der Waals surface area contributed by atoms with Crippen LogP contribution >= 0.6 is 0 Å². The summed E-state index contributed by atoms with van der Waals surface area (Å²) in [7, 11) is -3.54. The lowest BCUT2D eigenvalue weighted by Gasteiger charge is -2.15. The highest BCUT2D eigenvalue weighted by Crippen LogP contribution is 2.25. The van der Waals surface area contributed by atoms with Crippen molar-refractivity contribution in [2.75, 3.05) is 13.2 Å². The Morgan fingerprint density at radius 2 is 1.59 bits per heavy atom. The number of nitrogens with one attached hydrogen (secondary N) is 1. The highest BCUT2D eigenvalue weighted by Gasteiger charge is 2.21. The molecule has 1 aromatic carbocycles. The van der Waals surface area contributed by atoms with Crippen molar-refractivity contribution in [3.05, 3.63) is 28.3 Å². The smallest absolute Gasteiger partial charge is 0.241 e. The minimum atomic E-state index is -3.54. The molecular formula is C12H19NO3S. The molecule has 0 aliphatic heterocycles. The Balaban J connectivity index is 3.40. The maximum atomic E-state index is 12.1. The molecule has 0 radical (unpaired) electrons. The van der Waals surface area contributed by atoms with Crippen LogP contribution in [0.1, 0.15) is 22.3 Å². The lowest BCUT2D eigenvalue weighted by molar-refractivity contribution is 0.301. The van der Waals surface area contributed by atoms with Gasteiger partial charge in [0.1, 0.15) is 0 Å². The molecule has 0 heterocycles. The molecule has 1 rings (SSSR count). The van der Waals surface area contributed by atoms with Gasteiger partial charge in [0.05, 0.1) is 11.5 Å². The van der Waals surface area contributed by atoms with Gasteiger partial charge in [-0.2, -0.15) is 0 Å². The van der Waals surface area contributed by atoms with Crippen molar-refractivity contribution in [2.45, 2.75) is 32.6 Å². The quantitative estimate of drug-likeness (QED) is 0.851. The third-order valence-corrected chi connectivity index (χ3v) is 4.70. The lowest BCUT2D eigenvalue weighted by atomic mass is 10.0. The highest BCUT2D eigenvalue weighted by atomic mass is 32.2. The van der Waals surface area contributed by atoms with E-state index in [1.54, 1.807) is 13.8 Å². The van der Waals surface area contributed by atoms with Gasteiger partial charge in [-0.3, -0.25) is 0 Å². The molecule has 0 atom stereocenters. The Morgan fingerprint density at radius 1 is 1.12 bits per heavy atom. The highest BCUT2D eigenvalue weighted by molar-refractivity contribution is 7.89. The second kappa shape index (κ2) is 5.16. The monoisotopic (exact) mass is 257 g/mol. The first-order valence-corrected chi connectivity index (χ1v) is 6.97. The number of hydrogen-bond donors (Lipinski definition) is 2. The van der Waals surface area contributed by atoms with Crippen LogP contribution in [-0.4, -0.2) is 26.7 Å². The van der Waals surface area contributed by atoms with E-state index < -0.39 is 10.0 Å². The Bertz CT molecular complexity index is 495. The van der Waals surface area contributed by atoms with Crippen molar-refractivity contribution in [3.8, 4) is 0 Å². The summed E-state index contributed by atoms with van der Waals surface area (Å²) in [5.74, 6) is 0. The van der Waals surface area contributed by atoms with E-state index >= 15 is 0 Å². The van der Waals surface area contributed by atoms with Crippen molar-refractivity contribution >= 4 is 10.0 Å². The van der Waals surface area contributed by atoms with Gasteiger partial charge >= 0.3 is 0 Å². The summed E-state index contributed by atoms with van der Waals surface area (Å²) in [6.45, 7) is 7.22. The summed E-state index contributed by atoms with van der Waals surface area (Å²) >= 11 is 0. The van der Waals surface area contributed by atoms with Crippen molar-refractivity contribution in [2.24, 2.45) is 0 Å². The predicted octanol–water partition coefficient (Wildman–Crippen LogP) is 1.19. The van der Waals surface area contributed by atoms with E-state index in [2.05, 4.69) is 4.72 Å². The van der Waals surface area contributed by atoms with Crippen LogP contribution in [0.25, 0.3) is 0 Å². The van der Waals surface area contributed by atoms with Gasteiger partial charge in [0.15, 0.2) is 0 Å². The standard InChI is InChI=1S/C12H19NO3S/c1-8-7-9(2)11(4)12(10(8)3)17(15,16)13-5-6-14/h7,13-14H,5-6H2,1-4H3. The molecule has 1 aromatic rings. The Labute approximate surface area is 103 Å². The summed E-state index contributed by atoms with van der Waals surface area (Å²) in [4.78, 5) is 0.337. The lowest BCUT2D eigenvalue weighted by Crippen LogP contribution is -2.28. The van der Waals surface area contributed by atoms with Crippen LogP contribution in [0.3, 0.4) is 0 Å². The second-order valence-corrected chi connectivity index (χ2v) is 5.91. The summed E-state index contributed by atoms with van der Waals surface area (Å²) in [5.41, 5.74) is 3.44. The molecular weight excluding hydrogens is 238 g/mol. The maximum Gasteiger partial charge on any atom is 0.241 e. The number of aryl methyl sites for hydroxylation is 2. The summed E-state index contributed by atoms with van der Waals surface area (Å²) in [6.07, 6.45) is 0. The molecule has 0 spiro atoms. The first-order chi connectivity index (χ1) is 7.81. The van der Waals surface area contributed by atoms with E-state index in [1.807, 2.05) is 19.9 Å². The maximum absolute atomic E-state index is 12.1. The average Bonchev–Trinajstić information content (AvgIpc) is 2.24. The van der Waals surface area contributed by atoms with E-state index in [9.17, 15) is 8.42 Å². The van der Waals surface area contributed by atoms with Gasteiger partial charge in [-0.1, -0.05) is 6.07 Å². The van der Waals surface area contributed by atoms with Crippen molar-refractivity contribution in [3.63, 3.8) is 0 Å².